The van der Waals surface area contributed by atoms with E-state index in [1.54, 1.807) is 33.5 Å². The molecule has 38 heavy (non-hydrogen) atoms. The Kier molecular flexibility index (Phi) is 10.5. The molecule has 11 heteroatoms. The fourth-order valence-electron chi connectivity index (χ4n) is 4.58. The van der Waals surface area contributed by atoms with E-state index in [1.165, 1.54) is 11.3 Å². The normalized spacial score (nSPS) is 16.4. The van der Waals surface area contributed by atoms with E-state index < -0.39 is 10.0 Å². The predicted molar refractivity (Wildman–Crippen MR) is 157 cm³/mol. The quantitative estimate of drug-likeness (QED) is 0.324. The number of sulfonamides is 1. The smallest absolute Gasteiger partial charge is 0.260 e. The highest BCUT2D eigenvalue weighted by Gasteiger charge is 2.31. The van der Waals surface area contributed by atoms with E-state index in [0.29, 0.717) is 30.4 Å². The van der Waals surface area contributed by atoms with Crippen molar-refractivity contribution in [3.05, 3.63) is 48.0 Å². The van der Waals surface area contributed by atoms with Crippen LogP contribution in [0.2, 0.25) is 0 Å². The first-order valence-corrected chi connectivity index (χ1v) is 15.1. The Balaban J connectivity index is 0.00000400. The van der Waals surface area contributed by atoms with E-state index in [-0.39, 0.29) is 29.3 Å². The third-order valence-corrected chi connectivity index (χ3v) is 9.64. The summed E-state index contributed by atoms with van der Waals surface area (Å²) in [6.45, 7) is 6.34. The van der Waals surface area contributed by atoms with Crippen LogP contribution in [-0.2, 0) is 10.0 Å². The van der Waals surface area contributed by atoms with Gasteiger partial charge in [-0.2, -0.15) is 4.31 Å². The topological polar surface area (TPSA) is 83.0 Å². The van der Waals surface area contributed by atoms with Crippen molar-refractivity contribution in [3.63, 3.8) is 0 Å². The summed E-state index contributed by atoms with van der Waals surface area (Å²) in [6, 6.07) is 12.0. The maximum atomic E-state index is 13.7. The zero-order valence-electron chi connectivity index (χ0n) is 22.4. The van der Waals surface area contributed by atoms with Gasteiger partial charge in [0.2, 0.25) is 10.0 Å². The third-order valence-electron chi connectivity index (χ3n) is 6.57. The van der Waals surface area contributed by atoms with Crippen LogP contribution in [0.15, 0.2) is 47.4 Å². The average Bonchev–Trinajstić information content (AvgIpc) is 3.29. The molecule has 0 bridgehead atoms. The number of fused-ring (bicyclic) bond motifs is 1. The largest absolute Gasteiger partial charge is 0.494 e. The molecule has 208 valence electrons. The summed E-state index contributed by atoms with van der Waals surface area (Å²) in [4.78, 5) is 22.4. The van der Waals surface area contributed by atoms with Crippen molar-refractivity contribution in [1.29, 1.82) is 0 Å². The fourth-order valence-corrected chi connectivity index (χ4v) is 7.30. The SMILES string of the molecule is CCOc1ccc2nc(N(CCCN(C)C)C(=O)c3ccc(S(=O)(=O)N4CCCCC4C)cc3)sc2c1.Cl. The van der Waals surface area contributed by atoms with Gasteiger partial charge < -0.3 is 9.64 Å². The molecule has 1 aliphatic heterocycles. The number of ether oxygens (including phenoxy) is 1. The molecule has 0 aliphatic carbocycles. The van der Waals surface area contributed by atoms with Crippen molar-refractivity contribution in [2.45, 2.75) is 50.5 Å². The van der Waals surface area contributed by atoms with Crippen molar-refractivity contribution in [3.8, 4) is 5.75 Å². The van der Waals surface area contributed by atoms with Crippen molar-refractivity contribution in [2.75, 3.05) is 45.2 Å². The van der Waals surface area contributed by atoms with Gasteiger partial charge in [-0.25, -0.2) is 13.4 Å². The Bertz CT molecular complexity index is 1330. The number of hydrogen-bond acceptors (Lipinski definition) is 7. The minimum atomic E-state index is -3.60. The zero-order valence-corrected chi connectivity index (χ0v) is 24.9. The van der Waals surface area contributed by atoms with Crippen LogP contribution in [0, 0.1) is 0 Å². The molecule has 0 saturated carbocycles. The lowest BCUT2D eigenvalue weighted by molar-refractivity contribution is 0.0986. The first kappa shape index (κ1) is 30.3. The molecule has 1 aromatic heterocycles. The summed E-state index contributed by atoms with van der Waals surface area (Å²) >= 11 is 1.45. The monoisotopic (exact) mass is 580 g/mol. The number of halogens is 1. The molecule has 0 N–H and O–H groups in total. The molecular formula is C27H37ClN4O4S2. The van der Waals surface area contributed by atoms with Crippen LogP contribution in [0.5, 0.6) is 5.75 Å². The Labute approximate surface area is 236 Å². The van der Waals surface area contributed by atoms with Gasteiger partial charge >= 0.3 is 0 Å². The number of piperidine rings is 1. The highest BCUT2D eigenvalue weighted by atomic mass is 35.5. The molecule has 0 spiro atoms. The maximum Gasteiger partial charge on any atom is 0.260 e. The summed E-state index contributed by atoms with van der Waals surface area (Å²) < 4.78 is 34.6. The summed E-state index contributed by atoms with van der Waals surface area (Å²) in [5.41, 5.74) is 1.25. The van der Waals surface area contributed by atoms with Crippen molar-refractivity contribution in [2.24, 2.45) is 0 Å². The minimum Gasteiger partial charge on any atom is -0.494 e. The van der Waals surface area contributed by atoms with Crippen LogP contribution < -0.4 is 9.64 Å². The van der Waals surface area contributed by atoms with Gasteiger partial charge in [0, 0.05) is 24.7 Å². The molecule has 3 aromatic rings. The van der Waals surface area contributed by atoms with Gasteiger partial charge in [0.25, 0.3) is 5.91 Å². The summed E-state index contributed by atoms with van der Waals surface area (Å²) in [5.74, 6) is 0.577. The molecule has 1 unspecified atom stereocenters. The molecule has 8 nitrogen and oxygen atoms in total. The van der Waals surface area contributed by atoms with E-state index >= 15 is 0 Å². The lowest BCUT2D eigenvalue weighted by atomic mass is 10.1. The van der Waals surface area contributed by atoms with E-state index in [1.807, 2.05) is 46.1 Å². The number of thiazole rings is 1. The molecule has 0 radical (unpaired) electrons. The number of carbonyl (C=O) groups is 1. The molecule has 1 aliphatic rings. The molecule has 4 rings (SSSR count). The zero-order chi connectivity index (χ0) is 26.6. The van der Waals surface area contributed by atoms with Gasteiger partial charge in [-0.1, -0.05) is 17.8 Å². The van der Waals surface area contributed by atoms with Gasteiger partial charge in [0.15, 0.2) is 5.13 Å². The molecule has 1 atom stereocenters. The van der Waals surface area contributed by atoms with Crippen LogP contribution in [-0.4, -0.2) is 74.9 Å². The number of benzene rings is 2. The molecule has 1 saturated heterocycles. The van der Waals surface area contributed by atoms with E-state index in [0.717, 1.165) is 48.2 Å². The standard InChI is InChI=1S/C27H36N4O4S2.ClH/c1-5-35-22-12-15-24-25(19-22)36-27(28-24)30(17-8-16-29(3)4)26(32)21-10-13-23(14-11-21)37(33,34)31-18-7-6-9-20(31)2;/h10-15,19-20H,5-9,16-18H2,1-4H3;1H. The summed E-state index contributed by atoms with van der Waals surface area (Å²) in [7, 11) is 0.408. The Morgan fingerprint density at radius 2 is 1.87 bits per heavy atom. The Morgan fingerprint density at radius 1 is 1.13 bits per heavy atom. The van der Waals surface area contributed by atoms with Crippen LogP contribution >= 0.6 is 23.7 Å². The maximum absolute atomic E-state index is 13.7. The van der Waals surface area contributed by atoms with E-state index in [9.17, 15) is 13.2 Å². The Morgan fingerprint density at radius 3 is 2.53 bits per heavy atom. The van der Waals surface area contributed by atoms with E-state index in [2.05, 4.69) is 4.90 Å². The average molecular weight is 581 g/mol. The lowest BCUT2D eigenvalue weighted by Gasteiger charge is -2.32. The first-order valence-electron chi connectivity index (χ1n) is 12.8. The van der Waals surface area contributed by atoms with Crippen molar-refractivity contribution >= 4 is 55.0 Å². The lowest BCUT2D eigenvalue weighted by Crippen LogP contribution is -2.41. The minimum absolute atomic E-state index is 0. The second-order valence-electron chi connectivity index (χ2n) is 9.66. The van der Waals surface area contributed by atoms with Crippen LogP contribution in [0.3, 0.4) is 0 Å². The third kappa shape index (κ3) is 6.84. The Hall–Kier alpha value is -2.24. The van der Waals surface area contributed by atoms with Gasteiger partial charge in [-0.3, -0.25) is 9.69 Å². The molecule has 2 aromatic carbocycles. The molecular weight excluding hydrogens is 544 g/mol. The van der Waals surface area contributed by atoms with E-state index in [4.69, 9.17) is 9.72 Å². The number of carbonyl (C=O) groups excluding carboxylic acids is 1. The van der Waals surface area contributed by atoms with Gasteiger partial charge in [-0.15, -0.1) is 12.4 Å². The number of aromatic nitrogens is 1. The summed E-state index contributed by atoms with van der Waals surface area (Å²) in [5, 5.41) is 0.617. The summed E-state index contributed by atoms with van der Waals surface area (Å²) in [6.07, 6.45) is 3.56. The van der Waals surface area contributed by atoms with Crippen LogP contribution in [0.25, 0.3) is 10.2 Å². The highest BCUT2D eigenvalue weighted by molar-refractivity contribution is 7.89. The number of rotatable bonds is 10. The van der Waals surface area contributed by atoms with Crippen LogP contribution in [0.1, 0.15) is 49.9 Å². The molecule has 1 fully saturated rings. The second-order valence-corrected chi connectivity index (χ2v) is 12.6. The molecule has 2 heterocycles. The second kappa shape index (κ2) is 13.2. The van der Waals surface area contributed by atoms with Crippen molar-refractivity contribution in [1.82, 2.24) is 14.2 Å². The number of hydrogen-bond donors (Lipinski definition) is 0. The van der Waals surface area contributed by atoms with Gasteiger partial charge in [0.1, 0.15) is 5.75 Å². The van der Waals surface area contributed by atoms with Gasteiger partial charge in [-0.05, 0) is 96.2 Å². The fraction of sp³-hybridized carbons (Fsp3) is 0.481. The predicted octanol–water partition coefficient (Wildman–Crippen LogP) is 5.28. The van der Waals surface area contributed by atoms with Gasteiger partial charge in [0.05, 0.1) is 21.7 Å². The van der Waals surface area contributed by atoms with Crippen LogP contribution in [0.4, 0.5) is 5.13 Å². The molecule has 1 amide bonds. The number of nitrogens with zero attached hydrogens (tertiary/aromatic N) is 4. The first-order chi connectivity index (χ1) is 17.7. The number of anilines is 1. The van der Waals surface area contributed by atoms with Crippen molar-refractivity contribution < 1.29 is 17.9 Å². The number of amides is 1. The highest BCUT2D eigenvalue weighted by Crippen LogP contribution is 2.33.